The molecule has 6 nitrogen and oxygen atoms in total. The normalized spacial score (nSPS) is 14.6. The third-order valence-corrected chi connectivity index (χ3v) is 6.68. The van der Waals surface area contributed by atoms with Crippen LogP contribution in [0.4, 0.5) is 17.1 Å². The SMILES string of the molecule is COc1ccc2nc3cc(Cl)ccc3c(Nc3ccc(N4CCN(CCCO)CC4)cc3)c2c1. The summed E-state index contributed by atoms with van der Waals surface area (Å²) in [5.74, 6) is 0.791. The number of halogens is 1. The number of hydrogen-bond acceptors (Lipinski definition) is 6. The number of anilines is 3. The molecule has 1 saturated heterocycles. The first-order valence-electron chi connectivity index (χ1n) is 11.7. The zero-order chi connectivity index (χ0) is 23.5. The molecule has 2 heterocycles. The Balaban J connectivity index is 1.41. The number of fused-ring (bicyclic) bond motifs is 2. The van der Waals surface area contributed by atoms with Crippen LogP contribution in [0.3, 0.4) is 0 Å². The monoisotopic (exact) mass is 476 g/mol. The number of hydrogen-bond donors (Lipinski definition) is 2. The van der Waals surface area contributed by atoms with Crippen molar-refractivity contribution < 1.29 is 9.84 Å². The molecule has 0 aliphatic carbocycles. The lowest BCUT2D eigenvalue weighted by molar-refractivity contribution is 0.216. The third-order valence-electron chi connectivity index (χ3n) is 6.45. The molecule has 0 radical (unpaired) electrons. The van der Waals surface area contributed by atoms with Gasteiger partial charge in [0.15, 0.2) is 0 Å². The van der Waals surface area contributed by atoms with Crippen LogP contribution in [0.2, 0.25) is 5.02 Å². The molecule has 1 aliphatic rings. The van der Waals surface area contributed by atoms with Crippen molar-refractivity contribution in [3.05, 3.63) is 65.7 Å². The first kappa shape index (κ1) is 22.7. The summed E-state index contributed by atoms with van der Waals surface area (Å²) in [6.07, 6.45) is 0.844. The van der Waals surface area contributed by atoms with E-state index in [0.717, 1.165) is 78.1 Å². The van der Waals surface area contributed by atoms with E-state index in [9.17, 15) is 0 Å². The Morgan fingerprint density at radius 3 is 2.47 bits per heavy atom. The lowest BCUT2D eigenvalue weighted by atomic mass is 10.1. The molecule has 0 bridgehead atoms. The highest BCUT2D eigenvalue weighted by atomic mass is 35.5. The van der Waals surface area contributed by atoms with Gasteiger partial charge >= 0.3 is 0 Å². The van der Waals surface area contributed by atoms with E-state index in [2.05, 4.69) is 39.4 Å². The Labute approximate surface area is 204 Å². The van der Waals surface area contributed by atoms with E-state index < -0.39 is 0 Å². The van der Waals surface area contributed by atoms with Crippen LogP contribution >= 0.6 is 11.6 Å². The molecule has 1 aromatic heterocycles. The maximum atomic E-state index is 9.06. The van der Waals surface area contributed by atoms with Crippen molar-refractivity contribution in [1.82, 2.24) is 9.88 Å². The molecule has 4 aromatic rings. The second-order valence-electron chi connectivity index (χ2n) is 8.61. The molecule has 3 aromatic carbocycles. The summed E-state index contributed by atoms with van der Waals surface area (Å²) in [6, 6.07) is 20.3. The van der Waals surface area contributed by atoms with Crippen molar-refractivity contribution in [2.75, 3.05) is 56.7 Å². The Hall–Kier alpha value is -3.06. The van der Waals surface area contributed by atoms with E-state index in [0.29, 0.717) is 5.02 Å². The molecule has 7 heteroatoms. The minimum atomic E-state index is 0.260. The van der Waals surface area contributed by atoms with Gasteiger partial charge < -0.3 is 20.1 Å². The fraction of sp³-hybridized carbons (Fsp3) is 0.296. The summed E-state index contributed by atoms with van der Waals surface area (Å²) in [5.41, 5.74) is 4.96. The van der Waals surface area contributed by atoms with Crippen LogP contribution < -0.4 is 15.0 Å². The molecule has 2 N–H and O–H groups in total. The first-order chi connectivity index (χ1) is 16.6. The van der Waals surface area contributed by atoms with Gasteiger partial charge in [0.2, 0.25) is 0 Å². The summed E-state index contributed by atoms with van der Waals surface area (Å²) >= 11 is 6.26. The number of aromatic nitrogens is 1. The minimum Gasteiger partial charge on any atom is -0.497 e. The number of aliphatic hydroxyl groups is 1. The molecule has 5 rings (SSSR count). The molecular weight excluding hydrogens is 448 g/mol. The van der Waals surface area contributed by atoms with Gasteiger partial charge in [0.05, 0.1) is 23.8 Å². The van der Waals surface area contributed by atoms with Gasteiger partial charge in [0.1, 0.15) is 5.75 Å². The van der Waals surface area contributed by atoms with E-state index in [1.807, 2.05) is 36.4 Å². The van der Waals surface area contributed by atoms with Crippen LogP contribution in [0.5, 0.6) is 5.75 Å². The number of aliphatic hydroxyl groups excluding tert-OH is 1. The number of benzene rings is 3. The van der Waals surface area contributed by atoms with E-state index in [1.165, 1.54) is 5.69 Å². The zero-order valence-electron chi connectivity index (χ0n) is 19.3. The molecule has 0 spiro atoms. The number of piperazine rings is 1. The van der Waals surface area contributed by atoms with E-state index >= 15 is 0 Å². The van der Waals surface area contributed by atoms with Gasteiger partial charge in [-0.2, -0.15) is 0 Å². The average molecular weight is 477 g/mol. The molecule has 34 heavy (non-hydrogen) atoms. The predicted molar refractivity (Wildman–Crippen MR) is 141 cm³/mol. The number of ether oxygens (including phenoxy) is 1. The summed E-state index contributed by atoms with van der Waals surface area (Å²) in [4.78, 5) is 9.65. The highest BCUT2D eigenvalue weighted by molar-refractivity contribution is 6.31. The van der Waals surface area contributed by atoms with Gasteiger partial charge in [0, 0.05) is 66.5 Å². The lowest BCUT2D eigenvalue weighted by Crippen LogP contribution is -2.46. The average Bonchev–Trinajstić information content (AvgIpc) is 2.87. The van der Waals surface area contributed by atoms with Crippen molar-refractivity contribution in [3.8, 4) is 5.75 Å². The van der Waals surface area contributed by atoms with Gasteiger partial charge in [-0.3, -0.25) is 4.90 Å². The van der Waals surface area contributed by atoms with E-state index in [4.69, 9.17) is 26.4 Å². The van der Waals surface area contributed by atoms with Crippen molar-refractivity contribution >= 4 is 50.5 Å². The van der Waals surface area contributed by atoms with Crippen molar-refractivity contribution in [2.45, 2.75) is 6.42 Å². The zero-order valence-corrected chi connectivity index (χ0v) is 20.1. The number of pyridine rings is 1. The standard InChI is InChI=1S/C27H29ClN4O2/c1-34-22-8-10-25-24(18-22)27(23-9-3-19(28)17-26(23)30-25)29-20-4-6-21(7-5-20)32-14-12-31(13-15-32)11-2-16-33/h3-10,17-18,33H,2,11-16H2,1H3,(H,29,30). The van der Waals surface area contributed by atoms with Gasteiger partial charge in [0.25, 0.3) is 0 Å². The number of rotatable bonds is 7. The summed E-state index contributed by atoms with van der Waals surface area (Å²) in [5, 5.41) is 15.4. The van der Waals surface area contributed by atoms with Crippen molar-refractivity contribution in [1.29, 1.82) is 0 Å². The summed E-state index contributed by atoms with van der Waals surface area (Å²) < 4.78 is 5.47. The lowest BCUT2D eigenvalue weighted by Gasteiger charge is -2.36. The largest absolute Gasteiger partial charge is 0.497 e. The van der Waals surface area contributed by atoms with Crippen LogP contribution in [0, 0.1) is 0 Å². The van der Waals surface area contributed by atoms with Gasteiger partial charge in [-0.05, 0) is 67.1 Å². The fourth-order valence-electron chi connectivity index (χ4n) is 4.58. The number of methoxy groups -OCH3 is 1. The van der Waals surface area contributed by atoms with Crippen molar-refractivity contribution in [3.63, 3.8) is 0 Å². The van der Waals surface area contributed by atoms with Crippen LogP contribution in [0.15, 0.2) is 60.7 Å². The Morgan fingerprint density at radius 2 is 1.74 bits per heavy atom. The molecule has 0 atom stereocenters. The number of nitrogens with one attached hydrogen (secondary N) is 1. The Morgan fingerprint density at radius 1 is 0.941 bits per heavy atom. The van der Waals surface area contributed by atoms with Gasteiger partial charge in [-0.15, -0.1) is 0 Å². The maximum Gasteiger partial charge on any atom is 0.119 e. The smallest absolute Gasteiger partial charge is 0.119 e. The van der Waals surface area contributed by atoms with Crippen molar-refractivity contribution in [2.24, 2.45) is 0 Å². The predicted octanol–water partition coefficient (Wildman–Crippen LogP) is 5.30. The second kappa shape index (κ2) is 10.1. The molecule has 0 amide bonds. The third kappa shape index (κ3) is 4.75. The summed E-state index contributed by atoms with van der Waals surface area (Å²) in [6.45, 7) is 5.28. The second-order valence-corrected chi connectivity index (χ2v) is 9.05. The van der Waals surface area contributed by atoms with Crippen LogP contribution in [-0.2, 0) is 0 Å². The molecule has 1 aliphatic heterocycles. The Bertz CT molecular complexity index is 1290. The number of nitrogens with zero attached hydrogens (tertiary/aromatic N) is 3. The minimum absolute atomic E-state index is 0.260. The van der Waals surface area contributed by atoms with Crippen LogP contribution in [0.1, 0.15) is 6.42 Å². The molecular formula is C27H29ClN4O2. The summed E-state index contributed by atoms with van der Waals surface area (Å²) in [7, 11) is 1.67. The van der Waals surface area contributed by atoms with E-state index in [1.54, 1.807) is 7.11 Å². The molecule has 0 saturated carbocycles. The molecule has 0 unspecified atom stereocenters. The van der Waals surface area contributed by atoms with Gasteiger partial charge in [-0.1, -0.05) is 11.6 Å². The van der Waals surface area contributed by atoms with Crippen LogP contribution in [0.25, 0.3) is 21.8 Å². The maximum absolute atomic E-state index is 9.06. The highest BCUT2D eigenvalue weighted by Crippen LogP contribution is 2.36. The molecule has 1 fully saturated rings. The first-order valence-corrected chi connectivity index (χ1v) is 12.0. The molecule has 176 valence electrons. The fourth-order valence-corrected chi connectivity index (χ4v) is 4.75. The van der Waals surface area contributed by atoms with E-state index in [-0.39, 0.29) is 6.61 Å². The topological polar surface area (TPSA) is 60.9 Å². The highest BCUT2D eigenvalue weighted by Gasteiger charge is 2.17. The van der Waals surface area contributed by atoms with Gasteiger partial charge in [-0.25, -0.2) is 4.98 Å². The van der Waals surface area contributed by atoms with Crippen LogP contribution in [-0.4, -0.2) is 61.4 Å². The quantitative estimate of drug-likeness (QED) is 0.353. The Kier molecular flexibility index (Phi) is 6.72.